The molecule has 27 heavy (non-hydrogen) atoms. The molecule has 0 amide bonds. The first-order valence-electron chi connectivity index (χ1n) is 9.32. The lowest BCUT2D eigenvalue weighted by atomic mass is 10.1. The van der Waals surface area contributed by atoms with Crippen molar-refractivity contribution in [2.75, 3.05) is 7.05 Å². The van der Waals surface area contributed by atoms with Crippen molar-refractivity contribution in [2.45, 2.75) is 33.9 Å². The van der Waals surface area contributed by atoms with E-state index in [1.807, 2.05) is 13.0 Å². The van der Waals surface area contributed by atoms with Crippen LogP contribution < -0.4 is 10.6 Å². The highest BCUT2D eigenvalue weighted by molar-refractivity contribution is 7.56. The molecule has 3 aromatic carbocycles. The molecule has 0 aliphatic rings. The molecule has 0 saturated heterocycles. The molecule has 0 heterocycles. The molecule has 0 radical (unpaired) electrons. The molecule has 1 N–H and O–H groups in total. The first-order chi connectivity index (χ1) is 12.9. The second-order valence-corrected chi connectivity index (χ2v) is 8.66. The number of rotatable bonds is 6. The zero-order chi connectivity index (χ0) is 19.4. The van der Waals surface area contributed by atoms with Crippen LogP contribution in [0.5, 0.6) is 5.75 Å². The zero-order valence-electron chi connectivity index (χ0n) is 16.6. The second kappa shape index (κ2) is 8.69. The fourth-order valence-corrected chi connectivity index (χ4v) is 4.96. The first-order valence-corrected chi connectivity index (χ1v) is 10.3. The number of aryl methyl sites for hydroxylation is 3. The van der Waals surface area contributed by atoms with E-state index < -0.39 is 0 Å². The van der Waals surface area contributed by atoms with Crippen molar-refractivity contribution in [2.24, 2.45) is 0 Å². The lowest BCUT2D eigenvalue weighted by Crippen LogP contribution is -2.22. The van der Waals surface area contributed by atoms with Gasteiger partial charge in [0.15, 0.2) is 0 Å². The van der Waals surface area contributed by atoms with Gasteiger partial charge < -0.3 is 5.11 Å². The summed E-state index contributed by atoms with van der Waals surface area (Å²) in [6.07, 6.45) is 0. The van der Waals surface area contributed by atoms with Crippen molar-refractivity contribution >= 4 is 19.2 Å². The van der Waals surface area contributed by atoms with Crippen molar-refractivity contribution in [3.8, 4) is 5.75 Å². The Labute approximate surface area is 164 Å². The molecule has 3 aromatic rings. The quantitative estimate of drug-likeness (QED) is 0.636. The molecule has 0 aliphatic carbocycles. The molecular formula is C24H28NOP. The number of hydrogen-bond donors (Lipinski definition) is 1. The van der Waals surface area contributed by atoms with E-state index in [1.165, 1.54) is 27.6 Å². The standard InChI is InChI=1S/C24H28NOP/c1-17-13-19(3)23(26)22(14-17)27-24-18(2)9-8-12-21(24)16-25(4)15-20-10-6-5-7-11-20/h5-14,26-27H,15-16H2,1-4H3. The van der Waals surface area contributed by atoms with Crippen LogP contribution in [0.3, 0.4) is 0 Å². The molecule has 0 spiro atoms. The van der Waals surface area contributed by atoms with Gasteiger partial charge in [-0.3, -0.25) is 4.90 Å². The average molecular weight is 377 g/mol. The highest BCUT2D eigenvalue weighted by Gasteiger charge is 2.13. The molecule has 2 nitrogen and oxygen atoms in total. The van der Waals surface area contributed by atoms with E-state index in [1.54, 1.807) is 0 Å². The van der Waals surface area contributed by atoms with Crippen LogP contribution in [0.4, 0.5) is 0 Å². The smallest absolute Gasteiger partial charge is 0.126 e. The van der Waals surface area contributed by atoms with Crippen LogP contribution >= 0.6 is 8.58 Å². The van der Waals surface area contributed by atoms with Crippen LogP contribution in [0, 0.1) is 20.8 Å². The van der Waals surface area contributed by atoms with Crippen molar-refractivity contribution < 1.29 is 5.11 Å². The lowest BCUT2D eigenvalue weighted by molar-refractivity contribution is 0.320. The number of aromatic hydroxyl groups is 1. The highest BCUT2D eigenvalue weighted by Crippen LogP contribution is 2.26. The maximum atomic E-state index is 10.5. The van der Waals surface area contributed by atoms with E-state index in [2.05, 4.69) is 80.4 Å². The largest absolute Gasteiger partial charge is 0.507 e. The summed E-state index contributed by atoms with van der Waals surface area (Å²) in [5, 5.41) is 12.9. The van der Waals surface area contributed by atoms with Crippen molar-refractivity contribution in [1.82, 2.24) is 4.90 Å². The van der Waals surface area contributed by atoms with Gasteiger partial charge in [0.25, 0.3) is 0 Å². The third-order valence-electron chi connectivity index (χ3n) is 4.80. The lowest BCUT2D eigenvalue weighted by Gasteiger charge is -2.21. The summed E-state index contributed by atoms with van der Waals surface area (Å²) < 4.78 is 0. The number of phenolic OH excluding ortho intramolecular Hbond substituents is 1. The van der Waals surface area contributed by atoms with Gasteiger partial charge in [-0.1, -0.05) is 63.2 Å². The molecule has 3 heteroatoms. The molecule has 0 aliphatic heterocycles. The summed E-state index contributed by atoms with van der Waals surface area (Å²) in [7, 11) is 2.62. The van der Waals surface area contributed by atoms with Gasteiger partial charge in [0.05, 0.1) is 0 Å². The minimum Gasteiger partial charge on any atom is -0.507 e. The fraction of sp³-hybridized carbons (Fsp3) is 0.250. The third-order valence-corrected chi connectivity index (χ3v) is 6.42. The Bertz CT molecular complexity index is 921. The summed E-state index contributed by atoms with van der Waals surface area (Å²) >= 11 is 0. The van der Waals surface area contributed by atoms with E-state index in [4.69, 9.17) is 0 Å². The van der Waals surface area contributed by atoms with Crippen LogP contribution in [0.15, 0.2) is 60.7 Å². The van der Waals surface area contributed by atoms with Gasteiger partial charge in [0.1, 0.15) is 5.75 Å². The molecule has 140 valence electrons. The minimum atomic E-state index is 0.436. The molecule has 1 atom stereocenters. The number of hydrogen-bond acceptors (Lipinski definition) is 2. The van der Waals surface area contributed by atoms with Crippen LogP contribution in [0.25, 0.3) is 0 Å². The SMILES string of the molecule is Cc1cc(C)c(O)c(Pc2c(C)cccc2CN(C)Cc2ccccc2)c1. The maximum absolute atomic E-state index is 10.5. The molecule has 3 rings (SSSR count). The molecule has 0 aromatic heterocycles. The fourth-order valence-electron chi connectivity index (χ4n) is 3.47. The number of benzene rings is 3. The zero-order valence-corrected chi connectivity index (χ0v) is 17.6. The van der Waals surface area contributed by atoms with Crippen LogP contribution in [-0.4, -0.2) is 17.1 Å². The Balaban J connectivity index is 1.85. The highest BCUT2D eigenvalue weighted by atomic mass is 31.1. The monoisotopic (exact) mass is 377 g/mol. The number of nitrogens with zero attached hydrogens (tertiary/aromatic N) is 1. The number of phenols is 1. The Morgan fingerprint density at radius 3 is 2.33 bits per heavy atom. The third kappa shape index (κ3) is 4.97. The van der Waals surface area contributed by atoms with E-state index in [0.717, 1.165) is 24.0 Å². The Kier molecular flexibility index (Phi) is 6.31. The molecule has 0 saturated carbocycles. The van der Waals surface area contributed by atoms with E-state index >= 15 is 0 Å². The van der Waals surface area contributed by atoms with Gasteiger partial charge in [-0.15, -0.1) is 0 Å². The maximum Gasteiger partial charge on any atom is 0.126 e. The van der Waals surface area contributed by atoms with E-state index in [9.17, 15) is 5.11 Å². The van der Waals surface area contributed by atoms with Gasteiger partial charge in [-0.2, -0.15) is 0 Å². The summed E-state index contributed by atoms with van der Waals surface area (Å²) in [6.45, 7) is 8.05. The van der Waals surface area contributed by atoms with E-state index in [-0.39, 0.29) is 0 Å². The Morgan fingerprint density at radius 1 is 0.852 bits per heavy atom. The van der Waals surface area contributed by atoms with Gasteiger partial charge in [-0.05, 0) is 67.0 Å². The molecule has 0 bridgehead atoms. The van der Waals surface area contributed by atoms with Gasteiger partial charge in [0.2, 0.25) is 0 Å². The predicted octanol–water partition coefficient (Wildman–Crippen LogP) is 4.58. The topological polar surface area (TPSA) is 23.5 Å². The second-order valence-electron chi connectivity index (χ2n) is 7.37. The van der Waals surface area contributed by atoms with Gasteiger partial charge in [0, 0.05) is 18.4 Å². The normalized spacial score (nSPS) is 11.6. The predicted molar refractivity (Wildman–Crippen MR) is 118 cm³/mol. The van der Waals surface area contributed by atoms with Crippen molar-refractivity contribution in [3.05, 3.63) is 88.5 Å². The summed E-state index contributed by atoms with van der Waals surface area (Å²) in [4.78, 5) is 2.35. The van der Waals surface area contributed by atoms with Crippen LogP contribution in [0.1, 0.15) is 27.8 Å². The first kappa shape index (κ1) is 19.6. The minimum absolute atomic E-state index is 0.436. The summed E-state index contributed by atoms with van der Waals surface area (Å²) in [6, 6.07) is 21.2. The summed E-state index contributed by atoms with van der Waals surface area (Å²) in [5.41, 5.74) is 6.10. The van der Waals surface area contributed by atoms with Gasteiger partial charge in [-0.25, -0.2) is 0 Å². The van der Waals surface area contributed by atoms with Crippen molar-refractivity contribution in [3.63, 3.8) is 0 Å². The van der Waals surface area contributed by atoms with Gasteiger partial charge >= 0.3 is 0 Å². The Morgan fingerprint density at radius 2 is 1.59 bits per heavy atom. The molecule has 1 unspecified atom stereocenters. The van der Waals surface area contributed by atoms with Crippen LogP contribution in [0.2, 0.25) is 0 Å². The Hall–Kier alpha value is -2.15. The summed E-state index contributed by atoms with van der Waals surface area (Å²) in [5.74, 6) is 0.436. The van der Waals surface area contributed by atoms with Crippen LogP contribution in [-0.2, 0) is 13.1 Å². The molecule has 0 fully saturated rings. The van der Waals surface area contributed by atoms with E-state index in [0.29, 0.717) is 14.3 Å². The molecular weight excluding hydrogens is 349 g/mol. The van der Waals surface area contributed by atoms with Crippen molar-refractivity contribution in [1.29, 1.82) is 0 Å². The average Bonchev–Trinajstić information content (AvgIpc) is 2.62.